The summed E-state index contributed by atoms with van der Waals surface area (Å²) < 4.78 is 28.7. The second-order valence-electron chi connectivity index (χ2n) is 3.71. The summed E-state index contributed by atoms with van der Waals surface area (Å²) in [6.45, 7) is 0. The number of hydrogen-bond donors (Lipinski definition) is 2. The van der Waals surface area contributed by atoms with E-state index in [9.17, 15) is 8.42 Å². The first-order chi connectivity index (χ1) is 9.29. The van der Waals surface area contributed by atoms with Crippen molar-refractivity contribution in [2.75, 3.05) is 4.72 Å². The minimum absolute atomic E-state index is 0.162. The first-order valence-corrected chi connectivity index (χ1v) is 9.46. The molecule has 4 nitrogen and oxygen atoms in total. The molecule has 2 aromatic rings. The number of anilines is 1. The zero-order valence-corrected chi connectivity index (χ0v) is 15.4. The van der Waals surface area contributed by atoms with Crippen molar-refractivity contribution in [2.45, 2.75) is 4.21 Å². The van der Waals surface area contributed by atoms with Crippen LogP contribution in [0.15, 0.2) is 43.5 Å². The highest BCUT2D eigenvalue weighted by molar-refractivity contribution is 9.11. The molecule has 0 aliphatic rings. The van der Waals surface area contributed by atoms with E-state index in [1.165, 1.54) is 6.07 Å². The Bertz CT molecular complexity index is 772. The molecule has 1 heterocycles. The second kappa shape index (κ2) is 6.10. The SMILES string of the molecule is NC(=S)c1ccc(S(=O)(=O)Nc2ccc(Br)cc2Br)s1. The van der Waals surface area contributed by atoms with Gasteiger partial charge in [-0.2, -0.15) is 0 Å². The lowest BCUT2D eigenvalue weighted by Gasteiger charge is -2.08. The smallest absolute Gasteiger partial charge is 0.271 e. The third-order valence-electron chi connectivity index (χ3n) is 2.26. The standard InChI is InChI=1S/C11H8Br2N2O2S3/c12-6-1-2-8(7(13)5-6)15-20(16,17)10-4-3-9(19-10)11(14)18/h1-5,15H,(H2,14,18). The van der Waals surface area contributed by atoms with Crippen molar-refractivity contribution >= 4 is 76.1 Å². The second-order valence-corrected chi connectivity index (χ2v) is 8.92. The van der Waals surface area contributed by atoms with Crippen molar-refractivity contribution in [3.05, 3.63) is 44.2 Å². The molecule has 0 saturated carbocycles. The van der Waals surface area contributed by atoms with E-state index in [2.05, 4.69) is 36.6 Å². The maximum absolute atomic E-state index is 12.3. The molecule has 3 N–H and O–H groups in total. The van der Waals surface area contributed by atoms with E-state index in [0.29, 0.717) is 15.0 Å². The van der Waals surface area contributed by atoms with Gasteiger partial charge < -0.3 is 5.73 Å². The minimum Gasteiger partial charge on any atom is -0.389 e. The minimum atomic E-state index is -3.65. The molecule has 20 heavy (non-hydrogen) atoms. The summed E-state index contributed by atoms with van der Waals surface area (Å²) in [5.74, 6) is 0. The largest absolute Gasteiger partial charge is 0.389 e. The molecule has 0 aliphatic carbocycles. The fourth-order valence-electron chi connectivity index (χ4n) is 1.36. The van der Waals surface area contributed by atoms with Crippen molar-refractivity contribution in [1.29, 1.82) is 0 Å². The van der Waals surface area contributed by atoms with Gasteiger partial charge in [0.1, 0.15) is 9.20 Å². The monoisotopic (exact) mass is 454 g/mol. The van der Waals surface area contributed by atoms with Crippen LogP contribution < -0.4 is 10.5 Å². The van der Waals surface area contributed by atoms with Crippen LogP contribution in [0.5, 0.6) is 0 Å². The highest BCUT2D eigenvalue weighted by Gasteiger charge is 2.18. The number of halogens is 2. The number of hydrogen-bond acceptors (Lipinski definition) is 4. The highest BCUT2D eigenvalue weighted by Crippen LogP contribution is 2.30. The van der Waals surface area contributed by atoms with Crippen molar-refractivity contribution in [3.63, 3.8) is 0 Å². The van der Waals surface area contributed by atoms with Gasteiger partial charge >= 0.3 is 0 Å². The highest BCUT2D eigenvalue weighted by atomic mass is 79.9. The molecule has 0 amide bonds. The van der Waals surface area contributed by atoms with Gasteiger partial charge in [-0.3, -0.25) is 4.72 Å². The Kier molecular flexibility index (Phi) is 4.85. The average molecular weight is 456 g/mol. The number of nitrogens with two attached hydrogens (primary N) is 1. The molecular formula is C11H8Br2N2O2S3. The predicted molar refractivity (Wildman–Crippen MR) is 92.9 cm³/mol. The lowest BCUT2D eigenvalue weighted by Crippen LogP contribution is -2.12. The van der Waals surface area contributed by atoms with Gasteiger partial charge in [0, 0.05) is 8.95 Å². The number of rotatable bonds is 4. The van der Waals surface area contributed by atoms with Crippen LogP contribution >= 0.6 is 55.4 Å². The number of benzene rings is 1. The number of nitrogens with one attached hydrogen (secondary N) is 1. The summed E-state index contributed by atoms with van der Waals surface area (Å²) in [6.07, 6.45) is 0. The molecule has 0 bridgehead atoms. The van der Waals surface area contributed by atoms with Gasteiger partial charge in [-0.15, -0.1) is 11.3 Å². The number of thiocarbonyl (C=S) groups is 1. The molecule has 0 saturated heterocycles. The summed E-state index contributed by atoms with van der Waals surface area (Å²) in [5.41, 5.74) is 5.93. The molecule has 1 aromatic heterocycles. The molecular weight excluding hydrogens is 448 g/mol. The van der Waals surface area contributed by atoms with Gasteiger partial charge in [-0.1, -0.05) is 28.1 Å². The molecule has 2 rings (SSSR count). The lowest BCUT2D eigenvalue weighted by atomic mass is 10.3. The third-order valence-corrected chi connectivity index (χ3v) is 6.74. The van der Waals surface area contributed by atoms with Crippen molar-refractivity contribution in [1.82, 2.24) is 0 Å². The zero-order valence-electron chi connectivity index (χ0n) is 9.76. The Morgan fingerprint density at radius 1 is 1.25 bits per heavy atom. The predicted octanol–water partition coefficient (Wildman–Crippen LogP) is 3.71. The summed E-state index contributed by atoms with van der Waals surface area (Å²) in [7, 11) is -3.65. The fourth-order valence-corrected chi connectivity index (χ4v) is 5.07. The van der Waals surface area contributed by atoms with Gasteiger partial charge in [-0.05, 0) is 46.3 Å². The van der Waals surface area contributed by atoms with E-state index < -0.39 is 10.0 Å². The van der Waals surface area contributed by atoms with E-state index in [1.54, 1.807) is 24.3 Å². The molecule has 0 unspecified atom stereocenters. The zero-order chi connectivity index (χ0) is 14.9. The molecule has 106 valence electrons. The van der Waals surface area contributed by atoms with Crippen LogP contribution in [0.4, 0.5) is 5.69 Å². The maximum atomic E-state index is 12.3. The van der Waals surface area contributed by atoms with Crippen molar-refractivity contribution in [2.24, 2.45) is 5.73 Å². The van der Waals surface area contributed by atoms with E-state index in [-0.39, 0.29) is 9.20 Å². The van der Waals surface area contributed by atoms with Crippen molar-refractivity contribution in [3.8, 4) is 0 Å². The first-order valence-electron chi connectivity index (χ1n) is 5.17. The summed E-state index contributed by atoms with van der Waals surface area (Å²) in [4.78, 5) is 0.747. The Balaban J connectivity index is 2.33. The molecule has 0 aliphatic heterocycles. The maximum Gasteiger partial charge on any atom is 0.271 e. The first kappa shape index (κ1) is 15.9. The van der Waals surface area contributed by atoms with Crippen LogP contribution in [0.2, 0.25) is 0 Å². The number of sulfonamides is 1. The Morgan fingerprint density at radius 2 is 1.95 bits per heavy atom. The van der Waals surface area contributed by atoms with Gasteiger partial charge in [0.25, 0.3) is 10.0 Å². The van der Waals surface area contributed by atoms with E-state index in [1.807, 2.05) is 0 Å². The Hall–Kier alpha value is -0.480. The van der Waals surface area contributed by atoms with Gasteiger partial charge in [0.2, 0.25) is 0 Å². The van der Waals surface area contributed by atoms with E-state index in [4.69, 9.17) is 18.0 Å². The van der Waals surface area contributed by atoms with E-state index in [0.717, 1.165) is 15.8 Å². The van der Waals surface area contributed by atoms with Crippen LogP contribution in [0.25, 0.3) is 0 Å². The van der Waals surface area contributed by atoms with Crippen LogP contribution in [0, 0.1) is 0 Å². The van der Waals surface area contributed by atoms with Crippen molar-refractivity contribution < 1.29 is 8.42 Å². The summed E-state index contributed by atoms with van der Waals surface area (Å²) >= 11 is 12.5. The van der Waals surface area contributed by atoms with Crippen LogP contribution in [-0.2, 0) is 10.0 Å². The van der Waals surface area contributed by atoms with Crippen LogP contribution in [-0.4, -0.2) is 13.4 Å². The van der Waals surface area contributed by atoms with Gasteiger partial charge in [0.05, 0.1) is 10.6 Å². The van der Waals surface area contributed by atoms with Gasteiger partial charge in [0.15, 0.2) is 0 Å². The van der Waals surface area contributed by atoms with E-state index >= 15 is 0 Å². The number of thiophene rings is 1. The Labute approximate surface area is 142 Å². The molecule has 9 heteroatoms. The topological polar surface area (TPSA) is 72.2 Å². The average Bonchev–Trinajstić information content (AvgIpc) is 2.83. The molecule has 0 radical (unpaired) electrons. The normalized spacial score (nSPS) is 11.3. The third kappa shape index (κ3) is 3.59. The lowest BCUT2D eigenvalue weighted by molar-refractivity contribution is 0.603. The molecule has 0 spiro atoms. The molecule has 0 fully saturated rings. The quantitative estimate of drug-likeness (QED) is 0.689. The fraction of sp³-hybridized carbons (Fsp3) is 0. The van der Waals surface area contributed by atoms with Gasteiger partial charge in [-0.25, -0.2) is 8.42 Å². The van der Waals surface area contributed by atoms with Crippen LogP contribution in [0.1, 0.15) is 4.88 Å². The summed E-state index contributed by atoms with van der Waals surface area (Å²) in [6, 6.07) is 8.24. The molecule has 1 aromatic carbocycles. The molecule has 0 atom stereocenters. The Morgan fingerprint density at radius 3 is 2.50 bits per heavy atom. The van der Waals surface area contributed by atoms with Crippen LogP contribution in [0.3, 0.4) is 0 Å². The summed E-state index contributed by atoms with van der Waals surface area (Å²) in [5, 5.41) is 0.